The summed E-state index contributed by atoms with van der Waals surface area (Å²) in [5, 5.41) is 3.37. The standard InChI is InChI=1S/C12H14ClN3O/c13-11-6-14-10(5-15-11)12(17)16-9-4-7-1-2-8(9)3-7/h5-9H,1-4H2,(H,16,17). The van der Waals surface area contributed by atoms with Crippen LogP contribution in [-0.4, -0.2) is 21.9 Å². The van der Waals surface area contributed by atoms with Gasteiger partial charge in [-0.05, 0) is 31.1 Å². The second kappa shape index (κ2) is 4.26. The molecule has 2 aliphatic carbocycles. The van der Waals surface area contributed by atoms with E-state index in [0.717, 1.165) is 12.3 Å². The quantitative estimate of drug-likeness (QED) is 0.875. The highest BCUT2D eigenvalue weighted by atomic mass is 35.5. The van der Waals surface area contributed by atoms with E-state index in [1.54, 1.807) is 0 Å². The Morgan fingerprint density at radius 1 is 1.29 bits per heavy atom. The molecular weight excluding hydrogens is 238 g/mol. The van der Waals surface area contributed by atoms with Crippen molar-refractivity contribution in [3.63, 3.8) is 0 Å². The fourth-order valence-electron chi connectivity index (χ4n) is 3.09. The second-order valence-corrected chi connectivity index (χ2v) is 5.37. The van der Waals surface area contributed by atoms with Gasteiger partial charge in [0.25, 0.3) is 5.91 Å². The zero-order chi connectivity index (χ0) is 11.8. The molecular formula is C12H14ClN3O. The molecule has 4 nitrogen and oxygen atoms in total. The van der Waals surface area contributed by atoms with Gasteiger partial charge in [0.15, 0.2) is 0 Å². The molecule has 0 aliphatic heterocycles. The first-order chi connectivity index (χ1) is 8.22. The summed E-state index contributed by atoms with van der Waals surface area (Å²) in [5.74, 6) is 1.36. The SMILES string of the molecule is O=C(NC1CC2CCC1C2)c1cnc(Cl)cn1. The van der Waals surface area contributed by atoms with Gasteiger partial charge in [0.05, 0.1) is 12.4 Å². The molecule has 3 atom stereocenters. The van der Waals surface area contributed by atoms with Crippen LogP contribution < -0.4 is 5.32 Å². The number of aromatic nitrogens is 2. The van der Waals surface area contributed by atoms with Gasteiger partial charge >= 0.3 is 0 Å². The van der Waals surface area contributed by atoms with Crippen molar-refractivity contribution < 1.29 is 4.79 Å². The van der Waals surface area contributed by atoms with Crippen molar-refractivity contribution in [1.82, 2.24) is 15.3 Å². The number of rotatable bonds is 2. The van der Waals surface area contributed by atoms with Crippen molar-refractivity contribution in [3.8, 4) is 0 Å². The summed E-state index contributed by atoms with van der Waals surface area (Å²) < 4.78 is 0. The molecule has 90 valence electrons. The molecule has 5 heteroatoms. The highest BCUT2D eigenvalue weighted by Gasteiger charge is 2.40. The Balaban J connectivity index is 1.65. The molecule has 2 fully saturated rings. The van der Waals surface area contributed by atoms with Crippen molar-refractivity contribution in [2.45, 2.75) is 31.7 Å². The number of halogens is 1. The molecule has 2 bridgehead atoms. The third kappa shape index (κ3) is 2.14. The third-order valence-electron chi connectivity index (χ3n) is 3.91. The molecule has 1 aromatic heterocycles. The molecule has 0 spiro atoms. The van der Waals surface area contributed by atoms with Gasteiger partial charge in [0.1, 0.15) is 10.8 Å². The van der Waals surface area contributed by atoms with Crippen molar-refractivity contribution in [1.29, 1.82) is 0 Å². The van der Waals surface area contributed by atoms with Gasteiger partial charge < -0.3 is 5.32 Å². The topological polar surface area (TPSA) is 54.9 Å². The summed E-state index contributed by atoms with van der Waals surface area (Å²) in [7, 11) is 0. The van der Waals surface area contributed by atoms with Gasteiger partial charge in [-0.2, -0.15) is 0 Å². The third-order valence-corrected chi connectivity index (χ3v) is 4.10. The number of carbonyl (C=O) groups excluding carboxylic acids is 1. The van der Waals surface area contributed by atoms with Crippen molar-refractivity contribution in [3.05, 3.63) is 23.2 Å². The van der Waals surface area contributed by atoms with Crippen LogP contribution in [-0.2, 0) is 0 Å². The second-order valence-electron chi connectivity index (χ2n) is 4.98. The zero-order valence-electron chi connectivity index (χ0n) is 9.40. The lowest BCUT2D eigenvalue weighted by Crippen LogP contribution is -2.38. The molecule has 2 saturated carbocycles. The first-order valence-corrected chi connectivity index (χ1v) is 6.38. The summed E-state index contributed by atoms with van der Waals surface area (Å²) >= 11 is 5.63. The van der Waals surface area contributed by atoms with Crippen LogP contribution in [0.1, 0.15) is 36.2 Å². The minimum absolute atomic E-state index is 0.133. The van der Waals surface area contributed by atoms with Crippen LogP contribution in [0.4, 0.5) is 0 Å². The number of hydrogen-bond acceptors (Lipinski definition) is 3. The monoisotopic (exact) mass is 251 g/mol. The maximum absolute atomic E-state index is 11.9. The molecule has 1 heterocycles. The largest absolute Gasteiger partial charge is 0.348 e. The minimum atomic E-state index is -0.133. The molecule has 0 saturated heterocycles. The number of carbonyl (C=O) groups is 1. The zero-order valence-corrected chi connectivity index (χ0v) is 10.2. The van der Waals surface area contributed by atoms with Crippen molar-refractivity contribution in [2.75, 3.05) is 0 Å². The van der Waals surface area contributed by atoms with E-state index < -0.39 is 0 Å². The number of nitrogens with one attached hydrogen (secondary N) is 1. The first kappa shape index (κ1) is 11.0. The van der Waals surface area contributed by atoms with Gasteiger partial charge in [0.2, 0.25) is 0 Å². The Labute approximate surface area is 105 Å². The van der Waals surface area contributed by atoms with E-state index in [-0.39, 0.29) is 5.91 Å². The number of hydrogen-bond donors (Lipinski definition) is 1. The maximum atomic E-state index is 11.9. The predicted molar refractivity (Wildman–Crippen MR) is 63.7 cm³/mol. The highest BCUT2D eigenvalue weighted by Crippen LogP contribution is 2.44. The van der Waals surface area contributed by atoms with E-state index in [1.165, 1.54) is 31.7 Å². The molecule has 2 aliphatic rings. The molecule has 3 unspecified atom stereocenters. The number of fused-ring (bicyclic) bond motifs is 2. The van der Waals surface area contributed by atoms with Gasteiger partial charge in [0, 0.05) is 6.04 Å². The van der Waals surface area contributed by atoms with Crippen LogP contribution in [0.2, 0.25) is 5.15 Å². The van der Waals surface area contributed by atoms with Crippen LogP contribution in [0.15, 0.2) is 12.4 Å². The van der Waals surface area contributed by atoms with E-state index >= 15 is 0 Å². The molecule has 0 aromatic carbocycles. The lowest BCUT2D eigenvalue weighted by Gasteiger charge is -2.22. The van der Waals surface area contributed by atoms with Crippen LogP contribution in [0.25, 0.3) is 0 Å². The van der Waals surface area contributed by atoms with Crippen LogP contribution in [0, 0.1) is 11.8 Å². The summed E-state index contributed by atoms with van der Waals surface area (Å²) in [4.78, 5) is 19.8. The van der Waals surface area contributed by atoms with Crippen molar-refractivity contribution >= 4 is 17.5 Å². The van der Waals surface area contributed by atoms with Crippen molar-refractivity contribution in [2.24, 2.45) is 11.8 Å². The average Bonchev–Trinajstić information content (AvgIpc) is 2.91. The number of nitrogens with zero attached hydrogens (tertiary/aromatic N) is 2. The van der Waals surface area contributed by atoms with Gasteiger partial charge in [-0.25, -0.2) is 9.97 Å². The Kier molecular flexibility index (Phi) is 2.74. The fourth-order valence-corrected chi connectivity index (χ4v) is 3.19. The Hall–Kier alpha value is -1.16. The molecule has 1 amide bonds. The smallest absolute Gasteiger partial charge is 0.271 e. The molecule has 0 radical (unpaired) electrons. The van der Waals surface area contributed by atoms with Crippen LogP contribution in [0.3, 0.4) is 0 Å². The minimum Gasteiger partial charge on any atom is -0.348 e. The van der Waals surface area contributed by atoms with Crippen LogP contribution in [0.5, 0.6) is 0 Å². The van der Waals surface area contributed by atoms with Gasteiger partial charge in [-0.15, -0.1) is 0 Å². The summed E-state index contributed by atoms with van der Waals surface area (Å²) in [6, 6.07) is 0.332. The average molecular weight is 252 g/mol. The van der Waals surface area contributed by atoms with Gasteiger partial charge in [-0.1, -0.05) is 18.0 Å². The Morgan fingerprint density at radius 3 is 2.76 bits per heavy atom. The Morgan fingerprint density at radius 2 is 2.18 bits per heavy atom. The van der Waals surface area contributed by atoms with Crippen LogP contribution >= 0.6 is 11.6 Å². The molecule has 1 aromatic rings. The molecule has 3 rings (SSSR count). The summed E-state index contributed by atoms with van der Waals surface area (Å²) in [6.45, 7) is 0. The van der Waals surface area contributed by atoms with E-state index in [4.69, 9.17) is 11.6 Å². The molecule has 1 N–H and O–H groups in total. The Bertz CT molecular complexity index is 434. The van der Waals surface area contributed by atoms with E-state index in [1.807, 2.05) is 0 Å². The normalized spacial score (nSPS) is 30.5. The van der Waals surface area contributed by atoms with E-state index in [9.17, 15) is 4.79 Å². The van der Waals surface area contributed by atoms with E-state index in [2.05, 4.69) is 15.3 Å². The first-order valence-electron chi connectivity index (χ1n) is 6.01. The van der Waals surface area contributed by atoms with Gasteiger partial charge in [-0.3, -0.25) is 4.79 Å². The maximum Gasteiger partial charge on any atom is 0.271 e. The summed E-state index contributed by atoms with van der Waals surface area (Å²) in [5.41, 5.74) is 0.345. The highest BCUT2D eigenvalue weighted by molar-refractivity contribution is 6.29. The lowest BCUT2D eigenvalue weighted by molar-refractivity contribution is 0.0917. The predicted octanol–water partition coefficient (Wildman–Crippen LogP) is 2.05. The van der Waals surface area contributed by atoms with E-state index in [0.29, 0.717) is 22.8 Å². The summed E-state index contributed by atoms with van der Waals surface area (Å²) in [6.07, 6.45) is 7.80. The molecule has 17 heavy (non-hydrogen) atoms. The number of amides is 1. The fraction of sp³-hybridized carbons (Fsp3) is 0.583. The lowest BCUT2D eigenvalue weighted by atomic mass is 9.95.